The maximum atomic E-state index is 16.2. The lowest BCUT2D eigenvalue weighted by Gasteiger charge is -2.65. The summed E-state index contributed by atoms with van der Waals surface area (Å²) in [4.78, 5) is 24.4. The summed E-state index contributed by atoms with van der Waals surface area (Å²) in [6.07, 6.45) is 4.18. The number of aliphatic hydroxyl groups is 1. The third-order valence-electron chi connectivity index (χ3n) is 12.9. The van der Waals surface area contributed by atoms with Gasteiger partial charge < -0.3 is 15.2 Å². The smallest absolute Gasteiger partial charge is 0.328 e. The molecule has 4 saturated carbocycles. The van der Waals surface area contributed by atoms with E-state index < -0.39 is 40.4 Å². The van der Waals surface area contributed by atoms with E-state index in [1.165, 1.54) is 13.0 Å². The molecule has 5 rings (SSSR count). The summed E-state index contributed by atoms with van der Waals surface area (Å²) < 4.78 is 49.2. The fourth-order valence-electron chi connectivity index (χ4n) is 11.0. The number of esters is 1. The Bertz CT molecular complexity index is 1370. The van der Waals surface area contributed by atoms with Crippen LogP contribution in [0, 0.1) is 59.2 Å². The predicted molar refractivity (Wildman–Crippen MR) is 170 cm³/mol. The molecule has 8 nitrogen and oxygen atoms in total. The van der Waals surface area contributed by atoms with E-state index in [1.54, 1.807) is 25.1 Å². The van der Waals surface area contributed by atoms with Crippen molar-refractivity contribution in [2.45, 2.75) is 116 Å². The van der Waals surface area contributed by atoms with Gasteiger partial charge in [0.2, 0.25) is 0 Å². The molecule has 0 radical (unpaired) electrons. The Morgan fingerprint density at radius 2 is 1.76 bits per heavy atom. The highest BCUT2D eigenvalue weighted by Gasteiger charge is 2.67. The topological polar surface area (TPSA) is 122 Å². The summed E-state index contributed by atoms with van der Waals surface area (Å²) in [6.45, 7) is 12.3. The molecular formula is C35H53FN2O6S. The molecule has 1 aromatic carbocycles. The molecule has 0 bridgehead atoms. The number of fused-ring (bicyclic) bond motifs is 5. The number of aliphatic hydroxyl groups excluding tert-OH is 1. The van der Waals surface area contributed by atoms with E-state index in [2.05, 4.69) is 30.8 Å². The first-order valence-electron chi connectivity index (χ1n) is 17.0. The lowest BCUT2D eigenvalue weighted by molar-refractivity contribution is -0.226. The van der Waals surface area contributed by atoms with E-state index >= 15 is 4.39 Å². The number of nitrogens with one attached hydrogen (secondary N) is 2. The van der Waals surface area contributed by atoms with Crippen LogP contribution in [0.5, 0.6) is 0 Å². The van der Waals surface area contributed by atoms with Gasteiger partial charge in [-0.25, -0.2) is 22.3 Å². The predicted octanol–water partition coefficient (Wildman–Crippen LogP) is 6.15. The summed E-state index contributed by atoms with van der Waals surface area (Å²) in [5.41, 5.74) is 0.354. The van der Waals surface area contributed by atoms with Gasteiger partial charge in [-0.1, -0.05) is 52.3 Å². The van der Waals surface area contributed by atoms with Crippen molar-refractivity contribution < 1.29 is 32.2 Å². The van der Waals surface area contributed by atoms with Crippen molar-refractivity contribution >= 4 is 22.0 Å². The minimum absolute atomic E-state index is 0.0313. The highest BCUT2D eigenvalue weighted by Crippen LogP contribution is 2.69. The van der Waals surface area contributed by atoms with Gasteiger partial charge in [0.25, 0.3) is 10.0 Å². The second kappa shape index (κ2) is 12.8. The van der Waals surface area contributed by atoms with E-state index in [9.17, 15) is 23.1 Å². The zero-order chi connectivity index (χ0) is 32.9. The van der Waals surface area contributed by atoms with Crippen molar-refractivity contribution in [1.29, 1.82) is 0 Å². The second-order valence-electron chi connectivity index (χ2n) is 15.1. The molecule has 2 amide bonds. The average molecular weight is 649 g/mol. The number of ether oxygens (including phenoxy) is 1. The Kier molecular flexibility index (Phi) is 9.69. The van der Waals surface area contributed by atoms with Crippen LogP contribution in [-0.4, -0.2) is 50.4 Å². The summed E-state index contributed by atoms with van der Waals surface area (Å²) in [7, 11) is -3.96. The maximum Gasteiger partial charge on any atom is 0.328 e. The average Bonchev–Trinajstić information content (AvgIpc) is 3.32. The number of urea groups is 1. The number of halogens is 1. The van der Waals surface area contributed by atoms with Gasteiger partial charge in [-0.3, -0.25) is 4.79 Å². The first kappa shape index (κ1) is 34.1. The number of rotatable bonds is 8. The fraction of sp³-hybridized carbons (Fsp3) is 0.771. The van der Waals surface area contributed by atoms with Gasteiger partial charge in [0.05, 0.1) is 11.0 Å². The summed E-state index contributed by atoms with van der Waals surface area (Å²) in [5.74, 6) is 0.429. The van der Waals surface area contributed by atoms with E-state index in [0.717, 1.165) is 38.5 Å². The third kappa shape index (κ3) is 6.03. The van der Waals surface area contributed by atoms with Crippen molar-refractivity contribution in [2.24, 2.45) is 52.3 Å². The largest absolute Gasteiger partial charge is 0.459 e. The summed E-state index contributed by atoms with van der Waals surface area (Å²) in [5, 5.41) is 14.8. The lowest BCUT2D eigenvalue weighted by Crippen LogP contribution is -2.65. The van der Waals surface area contributed by atoms with Crippen molar-refractivity contribution in [3.8, 4) is 0 Å². The molecule has 4 fully saturated rings. The molecule has 1 aromatic rings. The van der Waals surface area contributed by atoms with Crippen LogP contribution < -0.4 is 10.0 Å². The van der Waals surface area contributed by atoms with Gasteiger partial charge in [0.15, 0.2) is 0 Å². The lowest BCUT2D eigenvalue weighted by atomic mass is 9.41. The van der Waals surface area contributed by atoms with Crippen LogP contribution in [0.1, 0.15) is 91.5 Å². The first-order chi connectivity index (χ1) is 21.2. The van der Waals surface area contributed by atoms with Gasteiger partial charge >= 0.3 is 12.0 Å². The molecule has 0 aromatic heterocycles. The molecule has 10 heteroatoms. The Labute approximate surface area is 268 Å². The molecule has 0 heterocycles. The Morgan fingerprint density at radius 1 is 1.09 bits per heavy atom. The standard InChI is InChI=1S/C35H53FN2O6S/c1-7-23-30-31(36)27(44-22(4)39)15-18-35(30,6)26-14-17-34(5)24(12-13-25(34)29(26)32(23)40)20(2)16-19-37-33(41)38-45(42,43)28-11-9-8-10-21(28)3/h8-11,20,23-27,29-32,40H,7,12-19H2,1-6H3,(H2,37,38,41)/t20-,23-,24?,25?,26?,27-,29?,30-,31+,32-,34-,35-/m1/s1. The molecule has 0 spiro atoms. The van der Waals surface area contributed by atoms with Crippen molar-refractivity contribution in [1.82, 2.24) is 10.0 Å². The Hall–Kier alpha value is -2.20. The SMILES string of the molecule is CC[C@@H]1[C@@H]2[C@@H](F)[C@H](OC(C)=O)CC[C@]2(C)C2CC[C@@]3(C)C(CCC3[C@H](C)CCNC(=O)NS(=O)(=O)c3ccccc3C)C2[C@@H]1O. The molecular weight excluding hydrogens is 595 g/mol. The van der Waals surface area contributed by atoms with E-state index in [-0.39, 0.29) is 39.4 Å². The summed E-state index contributed by atoms with van der Waals surface area (Å²) >= 11 is 0. The molecule has 252 valence electrons. The van der Waals surface area contributed by atoms with Crippen molar-refractivity contribution in [2.75, 3.05) is 6.54 Å². The van der Waals surface area contributed by atoms with Crippen molar-refractivity contribution in [3.05, 3.63) is 29.8 Å². The van der Waals surface area contributed by atoms with E-state index in [1.807, 2.05) is 6.92 Å². The maximum absolute atomic E-state index is 16.2. The molecule has 4 aliphatic rings. The minimum Gasteiger partial charge on any atom is -0.459 e. The van der Waals surface area contributed by atoms with Gasteiger partial charge in [-0.05, 0) is 110 Å². The number of hydrogen-bond acceptors (Lipinski definition) is 6. The summed E-state index contributed by atoms with van der Waals surface area (Å²) in [6, 6.07) is 5.83. The van der Waals surface area contributed by atoms with Gasteiger partial charge in [0.1, 0.15) is 12.3 Å². The molecule has 45 heavy (non-hydrogen) atoms. The number of carbonyl (C=O) groups excluding carboxylic acids is 2. The van der Waals surface area contributed by atoms with Crippen LogP contribution in [0.2, 0.25) is 0 Å². The van der Waals surface area contributed by atoms with Crippen molar-refractivity contribution in [3.63, 3.8) is 0 Å². The normalized spacial score (nSPS) is 40.0. The van der Waals surface area contributed by atoms with E-state index in [4.69, 9.17) is 4.74 Å². The Balaban J connectivity index is 1.24. The molecule has 12 atom stereocenters. The number of alkyl halides is 1. The van der Waals surface area contributed by atoms with Gasteiger partial charge in [0, 0.05) is 19.4 Å². The van der Waals surface area contributed by atoms with Crippen LogP contribution in [0.25, 0.3) is 0 Å². The number of aryl methyl sites for hydroxylation is 1. The zero-order valence-corrected chi connectivity index (χ0v) is 28.5. The van der Waals surface area contributed by atoms with E-state index in [0.29, 0.717) is 42.7 Å². The molecule has 4 aliphatic carbocycles. The van der Waals surface area contributed by atoms with Crippen LogP contribution in [0.15, 0.2) is 29.2 Å². The highest BCUT2D eigenvalue weighted by atomic mass is 32.2. The molecule has 3 N–H and O–H groups in total. The first-order valence-corrected chi connectivity index (χ1v) is 18.5. The van der Waals surface area contributed by atoms with Crippen LogP contribution >= 0.6 is 0 Å². The van der Waals surface area contributed by atoms with Crippen LogP contribution in [0.3, 0.4) is 0 Å². The number of carbonyl (C=O) groups is 2. The zero-order valence-electron chi connectivity index (χ0n) is 27.7. The van der Waals surface area contributed by atoms with Crippen LogP contribution in [0.4, 0.5) is 9.18 Å². The number of amides is 2. The number of hydrogen-bond donors (Lipinski definition) is 3. The molecule has 0 saturated heterocycles. The molecule has 4 unspecified atom stereocenters. The van der Waals surface area contributed by atoms with Crippen LogP contribution in [-0.2, 0) is 19.6 Å². The van der Waals surface area contributed by atoms with Gasteiger partial charge in [-0.2, -0.15) is 0 Å². The second-order valence-corrected chi connectivity index (χ2v) is 16.8. The third-order valence-corrected chi connectivity index (χ3v) is 14.4. The molecule has 0 aliphatic heterocycles. The Morgan fingerprint density at radius 3 is 2.42 bits per heavy atom. The highest BCUT2D eigenvalue weighted by molar-refractivity contribution is 7.90. The quantitative estimate of drug-likeness (QED) is 0.291. The minimum atomic E-state index is -3.96. The fourth-order valence-corrected chi connectivity index (χ4v) is 12.1. The number of sulfonamides is 1. The number of benzene rings is 1. The van der Waals surface area contributed by atoms with Gasteiger partial charge in [-0.15, -0.1) is 0 Å². The monoisotopic (exact) mass is 648 g/mol.